The van der Waals surface area contributed by atoms with Gasteiger partial charge in [0.25, 0.3) is 0 Å². The molecule has 26 heavy (non-hydrogen) atoms. The highest BCUT2D eigenvalue weighted by Crippen LogP contribution is 2.13. The molecule has 3 rings (SSSR count). The van der Waals surface area contributed by atoms with Crippen molar-refractivity contribution in [3.63, 3.8) is 0 Å². The summed E-state index contributed by atoms with van der Waals surface area (Å²) in [5.74, 6) is 2.63. The van der Waals surface area contributed by atoms with Crippen LogP contribution in [-0.2, 0) is 13.6 Å². The van der Waals surface area contributed by atoms with Gasteiger partial charge in [-0.25, -0.2) is 4.98 Å². The standard InChI is InChI=1S/C20H25N5O/c1-21-20(22-13-8-14-26-16-9-4-3-5-10-16)23-15-19-24-17-11-6-7-12-18(17)25(19)2/h3-7,9-12H,8,13-15H2,1-2H3,(H2,21,22,23). The maximum atomic E-state index is 5.69. The van der Waals surface area contributed by atoms with Crippen LogP contribution >= 0.6 is 0 Å². The number of para-hydroxylation sites is 3. The van der Waals surface area contributed by atoms with Crippen molar-refractivity contribution in [2.75, 3.05) is 20.2 Å². The molecule has 0 fully saturated rings. The van der Waals surface area contributed by atoms with E-state index in [9.17, 15) is 0 Å². The summed E-state index contributed by atoms with van der Waals surface area (Å²) in [5.41, 5.74) is 2.14. The van der Waals surface area contributed by atoms with Gasteiger partial charge in [-0.3, -0.25) is 4.99 Å². The van der Waals surface area contributed by atoms with E-state index in [-0.39, 0.29) is 0 Å². The van der Waals surface area contributed by atoms with Crippen LogP contribution in [0.1, 0.15) is 12.2 Å². The number of ether oxygens (including phenoxy) is 1. The Morgan fingerprint density at radius 1 is 1.08 bits per heavy atom. The second-order valence-electron chi connectivity index (χ2n) is 5.94. The Morgan fingerprint density at radius 2 is 1.85 bits per heavy atom. The van der Waals surface area contributed by atoms with Crippen LogP contribution in [0.4, 0.5) is 0 Å². The molecule has 0 saturated heterocycles. The molecule has 0 bridgehead atoms. The Morgan fingerprint density at radius 3 is 2.62 bits per heavy atom. The Hall–Kier alpha value is -3.02. The average Bonchev–Trinajstić information content (AvgIpc) is 3.01. The maximum absolute atomic E-state index is 5.69. The minimum atomic E-state index is 0.616. The molecule has 2 N–H and O–H groups in total. The number of benzene rings is 2. The summed E-state index contributed by atoms with van der Waals surface area (Å²) in [6.45, 7) is 2.07. The van der Waals surface area contributed by atoms with Gasteiger partial charge in [0.2, 0.25) is 0 Å². The molecule has 1 heterocycles. The van der Waals surface area contributed by atoms with Crippen molar-refractivity contribution in [2.24, 2.45) is 12.0 Å². The molecule has 136 valence electrons. The van der Waals surface area contributed by atoms with Crippen molar-refractivity contribution < 1.29 is 4.74 Å². The largest absolute Gasteiger partial charge is 0.494 e. The third kappa shape index (κ3) is 4.53. The van der Waals surface area contributed by atoms with E-state index in [2.05, 4.69) is 31.2 Å². The Bertz CT molecular complexity index is 857. The lowest BCUT2D eigenvalue weighted by Crippen LogP contribution is -2.38. The van der Waals surface area contributed by atoms with E-state index in [0.717, 1.165) is 41.5 Å². The van der Waals surface area contributed by atoms with E-state index in [4.69, 9.17) is 4.74 Å². The molecule has 0 aliphatic heterocycles. The molecule has 0 aliphatic rings. The monoisotopic (exact) mass is 351 g/mol. The highest BCUT2D eigenvalue weighted by molar-refractivity contribution is 5.80. The second-order valence-corrected chi connectivity index (χ2v) is 5.94. The van der Waals surface area contributed by atoms with Crippen molar-refractivity contribution in [3.8, 4) is 5.75 Å². The molecular weight excluding hydrogens is 326 g/mol. The van der Waals surface area contributed by atoms with E-state index in [1.807, 2.05) is 55.6 Å². The summed E-state index contributed by atoms with van der Waals surface area (Å²) < 4.78 is 7.79. The van der Waals surface area contributed by atoms with Crippen LogP contribution in [0, 0.1) is 0 Å². The molecule has 0 amide bonds. The topological polar surface area (TPSA) is 63.5 Å². The number of rotatable bonds is 7. The zero-order valence-electron chi connectivity index (χ0n) is 15.3. The molecule has 0 saturated carbocycles. The SMILES string of the molecule is CN=C(NCCCOc1ccccc1)NCc1nc2ccccc2n1C. The minimum absolute atomic E-state index is 0.616. The fourth-order valence-electron chi connectivity index (χ4n) is 2.72. The number of guanidine groups is 1. The molecule has 0 unspecified atom stereocenters. The number of aliphatic imine (C=N–C) groups is 1. The third-order valence-electron chi connectivity index (χ3n) is 4.14. The fourth-order valence-corrected chi connectivity index (χ4v) is 2.72. The molecule has 0 atom stereocenters. The van der Waals surface area contributed by atoms with Crippen LogP contribution in [0.3, 0.4) is 0 Å². The molecule has 0 aliphatic carbocycles. The molecule has 1 aromatic heterocycles. The highest BCUT2D eigenvalue weighted by Gasteiger charge is 2.07. The van der Waals surface area contributed by atoms with Gasteiger partial charge in [0.15, 0.2) is 5.96 Å². The van der Waals surface area contributed by atoms with Crippen molar-refractivity contribution in [2.45, 2.75) is 13.0 Å². The molecule has 2 aromatic carbocycles. The zero-order valence-corrected chi connectivity index (χ0v) is 15.3. The van der Waals surface area contributed by atoms with Gasteiger partial charge in [-0.05, 0) is 30.7 Å². The molecule has 0 spiro atoms. The molecule has 3 aromatic rings. The summed E-state index contributed by atoms with van der Waals surface area (Å²) in [6.07, 6.45) is 0.891. The third-order valence-corrected chi connectivity index (χ3v) is 4.14. The van der Waals surface area contributed by atoms with E-state index in [1.54, 1.807) is 7.05 Å². The van der Waals surface area contributed by atoms with Gasteiger partial charge in [-0.2, -0.15) is 0 Å². The summed E-state index contributed by atoms with van der Waals surface area (Å²) >= 11 is 0. The van der Waals surface area contributed by atoms with E-state index in [1.165, 1.54) is 0 Å². The lowest BCUT2D eigenvalue weighted by molar-refractivity contribution is 0.311. The minimum Gasteiger partial charge on any atom is -0.494 e. The number of fused-ring (bicyclic) bond motifs is 1. The Kier molecular flexibility index (Phi) is 6.09. The normalized spacial score (nSPS) is 11.5. The predicted molar refractivity (Wildman–Crippen MR) is 105 cm³/mol. The number of hydrogen-bond donors (Lipinski definition) is 2. The number of aromatic nitrogens is 2. The first kappa shape index (κ1) is 17.8. The van der Waals surface area contributed by atoms with Gasteiger partial charge >= 0.3 is 0 Å². The number of nitrogens with one attached hydrogen (secondary N) is 2. The molecule has 0 radical (unpaired) electrons. The van der Waals surface area contributed by atoms with Crippen LogP contribution in [0.15, 0.2) is 59.6 Å². The van der Waals surface area contributed by atoms with Gasteiger partial charge in [-0.1, -0.05) is 30.3 Å². The first-order valence-corrected chi connectivity index (χ1v) is 8.80. The molecule has 6 nitrogen and oxygen atoms in total. The molecular formula is C20H25N5O. The van der Waals surface area contributed by atoms with Crippen LogP contribution in [0.5, 0.6) is 5.75 Å². The lowest BCUT2D eigenvalue weighted by Gasteiger charge is -2.12. The van der Waals surface area contributed by atoms with E-state index >= 15 is 0 Å². The van der Waals surface area contributed by atoms with Gasteiger partial charge in [0.1, 0.15) is 11.6 Å². The van der Waals surface area contributed by atoms with E-state index in [0.29, 0.717) is 13.2 Å². The highest BCUT2D eigenvalue weighted by atomic mass is 16.5. The average molecular weight is 351 g/mol. The number of aryl methyl sites for hydroxylation is 1. The van der Waals surface area contributed by atoms with Gasteiger partial charge in [0, 0.05) is 20.6 Å². The summed E-state index contributed by atoms with van der Waals surface area (Å²) in [4.78, 5) is 8.92. The maximum Gasteiger partial charge on any atom is 0.191 e. The van der Waals surface area contributed by atoms with Crippen LogP contribution < -0.4 is 15.4 Å². The van der Waals surface area contributed by atoms with Gasteiger partial charge in [-0.15, -0.1) is 0 Å². The predicted octanol–water partition coefficient (Wildman–Crippen LogP) is 2.71. The number of hydrogen-bond acceptors (Lipinski definition) is 3. The first-order chi connectivity index (χ1) is 12.8. The van der Waals surface area contributed by atoms with Crippen LogP contribution in [0.2, 0.25) is 0 Å². The fraction of sp³-hybridized carbons (Fsp3) is 0.300. The molecule has 6 heteroatoms. The van der Waals surface area contributed by atoms with Crippen molar-refractivity contribution >= 4 is 17.0 Å². The Labute approximate surface area is 153 Å². The zero-order chi connectivity index (χ0) is 18.2. The van der Waals surface area contributed by atoms with Crippen molar-refractivity contribution in [1.82, 2.24) is 20.2 Å². The second kappa shape index (κ2) is 8.89. The van der Waals surface area contributed by atoms with Crippen molar-refractivity contribution in [3.05, 3.63) is 60.4 Å². The quantitative estimate of drug-likeness (QED) is 0.390. The summed E-state index contributed by atoms with van der Waals surface area (Å²) in [7, 11) is 3.80. The van der Waals surface area contributed by atoms with E-state index < -0.39 is 0 Å². The smallest absolute Gasteiger partial charge is 0.191 e. The van der Waals surface area contributed by atoms with Crippen LogP contribution in [0.25, 0.3) is 11.0 Å². The first-order valence-electron chi connectivity index (χ1n) is 8.80. The van der Waals surface area contributed by atoms with Gasteiger partial charge in [0.05, 0.1) is 24.2 Å². The van der Waals surface area contributed by atoms with Gasteiger partial charge < -0.3 is 19.9 Å². The number of nitrogens with zero attached hydrogens (tertiary/aromatic N) is 3. The summed E-state index contributed by atoms with van der Waals surface area (Å²) in [6, 6.07) is 18.0. The van der Waals surface area contributed by atoms with Crippen LogP contribution in [-0.4, -0.2) is 35.7 Å². The summed E-state index contributed by atoms with van der Waals surface area (Å²) in [5, 5.41) is 6.61. The lowest BCUT2D eigenvalue weighted by atomic mass is 10.3. The number of imidazole rings is 1. The Balaban J connectivity index is 1.42. The van der Waals surface area contributed by atoms with Crippen molar-refractivity contribution in [1.29, 1.82) is 0 Å².